The molecule has 100 valence electrons. The summed E-state index contributed by atoms with van der Waals surface area (Å²) in [5, 5.41) is 14.3. The molecule has 1 N–H and O–H groups in total. The Bertz CT molecular complexity index is 538. The summed E-state index contributed by atoms with van der Waals surface area (Å²) in [6.45, 7) is 2.11. The van der Waals surface area contributed by atoms with Gasteiger partial charge in [-0.2, -0.15) is 0 Å². The molecular weight excluding hydrogens is 246 g/mol. The summed E-state index contributed by atoms with van der Waals surface area (Å²) in [6, 6.07) is 4.88. The number of nitro groups is 1. The molecule has 1 aromatic carbocycles. The molecule has 0 spiro atoms. The van der Waals surface area contributed by atoms with Gasteiger partial charge in [-0.15, -0.1) is 0 Å². The Kier molecular flexibility index (Phi) is 2.94. The third kappa shape index (κ3) is 1.98. The molecule has 6 heteroatoms. The Morgan fingerprint density at radius 2 is 2.26 bits per heavy atom. The van der Waals surface area contributed by atoms with Crippen molar-refractivity contribution in [1.29, 1.82) is 0 Å². The van der Waals surface area contributed by atoms with E-state index in [1.54, 1.807) is 17.0 Å². The van der Waals surface area contributed by atoms with Crippen LogP contribution < -0.4 is 5.32 Å². The second kappa shape index (κ2) is 4.62. The number of benzene rings is 1. The molecule has 0 aromatic heterocycles. The minimum absolute atomic E-state index is 0.0529. The van der Waals surface area contributed by atoms with Gasteiger partial charge in [0.25, 0.3) is 11.6 Å². The van der Waals surface area contributed by atoms with Gasteiger partial charge in [0.2, 0.25) is 0 Å². The summed E-state index contributed by atoms with van der Waals surface area (Å²) < 4.78 is 0. The van der Waals surface area contributed by atoms with Gasteiger partial charge in [-0.3, -0.25) is 14.9 Å². The molecule has 1 saturated heterocycles. The fourth-order valence-electron chi connectivity index (χ4n) is 2.90. The summed E-state index contributed by atoms with van der Waals surface area (Å²) in [5.74, 6) is -0.0765. The monoisotopic (exact) mass is 261 g/mol. The number of nitrogens with one attached hydrogen (secondary N) is 1. The van der Waals surface area contributed by atoms with Gasteiger partial charge in [0, 0.05) is 18.7 Å². The molecule has 3 rings (SSSR count). The van der Waals surface area contributed by atoms with Crippen molar-refractivity contribution >= 4 is 11.6 Å². The van der Waals surface area contributed by atoms with E-state index in [1.165, 1.54) is 6.07 Å². The van der Waals surface area contributed by atoms with Crippen LogP contribution in [-0.2, 0) is 6.54 Å². The molecule has 1 amide bonds. The molecule has 19 heavy (non-hydrogen) atoms. The number of nitro benzene ring substituents is 1. The highest BCUT2D eigenvalue weighted by molar-refractivity contribution is 5.99. The Balaban J connectivity index is 1.92. The average Bonchev–Trinajstić information content (AvgIpc) is 2.77. The van der Waals surface area contributed by atoms with Crippen molar-refractivity contribution in [2.45, 2.75) is 25.4 Å². The Morgan fingerprint density at radius 1 is 1.42 bits per heavy atom. The molecule has 1 aromatic rings. The van der Waals surface area contributed by atoms with Gasteiger partial charge < -0.3 is 10.2 Å². The molecule has 0 saturated carbocycles. The normalized spacial score (nSPS) is 22.4. The fourth-order valence-corrected chi connectivity index (χ4v) is 2.90. The van der Waals surface area contributed by atoms with E-state index in [9.17, 15) is 14.9 Å². The van der Waals surface area contributed by atoms with Crippen LogP contribution in [0.15, 0.2) is 18.2 Å². The number of hydrogen-bond donors (Lipinski definition) is 1. The molecule has 2 aliphatic rings. The smallest absolute Gasteiger partial charge is 0.275 e. The molecular formula is C13H15N3O3. The van der Waals surface area contributed by atoms with Gasteiger partial charge in [-0.1, -0.05) is 6.07 Å². The van der Waals surface area contributed by atoms with Crippen LogP contribution in [0, 0.1) is 10.1 Å². The van der Waals surface area contributed by atoms with Crippen molar-refractivity contribution in [1.82, 2.24) is 10.2 Å². The lowest BCUT2D eigenvalue weighted by atomic mass is 10.1. The third-order valence-corrected chi connectivity index (χ3v) is 3.88. The van der Waals surface area contributed by atoms with Crippen molar-refractivity contribution in [3.05, 3.63) is 39.4 Å². The van der Waals surface area contributed by atoms with Crippen molar-refractivity contribution in [3.63, 3.8) is 0 Å². The van der Waals surface area contributed by atoms with Crippen LogP contribution in [0.5, 0.6) is 0 Å². The number of hydrogen-bond acceptors (Lipinski definition) is 4. The van der Waals surface area contributed by atoms with Gasteiger partial charge in [0.1, 0.15) is 0 Å². The lowest BCUT2D eigenvalue weighted by molar-refractivity contribution is -0.385. The van der Waals surface area contributed by atoms with Gasteiger partial charge >= 0.3 is 0 Å². The van der Waals surface area contributed by atoms with E-state index in [4.69, 9.17) is 0 Å². The Labute approximate surface area is 110 Å². The largest absolute Gasteiger partial charge is 0.330 e. The number of nitrogens with zero attached hydrogens (tertiary/aromatic N) is 2. The second-order valence-corrected chi connectivity index (χ2v) is 4.99. The van der Waals surface area contributed by atoms with E-state index in [-0.39, 0.29) is 17.6 Å². The summed E-state index contributed by atoms with van der Waals surface area (Å²) in [5.41, 5.74) is 1.10. The minimum atomic E-state index is -0.408. The zero-order valence-electron chi connectivity index (χ0n) is 10.5. The molecule has 0 aliphatic carbocycles. The average molecular weight is 261 g/mol. The number of carbonyl (C=O) groups is 1. The van der Waals surface area contributed by atoms with E-state index in [1.807, 2.05) is 0 Å². The summed E-state index contributed by atoms with van der Waals surface area (Å²) in [6.07, 6.45) is 1.99. The van der Waals surface area contributed by atoms with E-state index < -0.39 is 4.92 Å². The number of piperidine rings is 1. The van der Waals surface area contributed by atoms with E-state index in [0.717, 1.165) is 25.9 Å². The van der Waals surface area contributed by atoms with Crippen molar-refractivity contribution in [3.8, 4) is 0 Å². The van der Waals surface area contributed by atoms with Gasteiger partial charge in [0.15, 0.2) is 0 Å². The van der Waals surface area contributed by atoms with Crippen LogP contribution in [0.2, 0.25) is 0 Å². The molecule has 0 radical (unpaired) electrons. The van der Waals surface area contributed by atoms with Gasteiger partial charge in [-0.25, -0.2) is 0 Å². The predicted octanol–water partition coefficient (Wildman–Crippen LogP) is 1.30. The summed E-state index contributed by atoms with van der Waals surface area (Å²) in [4.78, 5) is 24.7. The first-order valence-corrected chi connectivity index (χ1v) is 6.46. The van der Waals surface area contributed by atoms with Crippen LogP contribution in [0.3, 0.4) is 0 Å². The molecule has 1 fully saturated rings. The van der Waals surface area contributed by atoms with Crippen LogP contribution in [0.25, 0.3) is 0 Å². The maximum Gasteiger partial charge on any atom is 0.275 e. The second-order valence-electron chi connectivity index (χ2n) is 4.99. The first-order valence-electron chi connectivity index (χ1n) is 6.46. The highest BCUT2D eigenvalue weighted by Crippen LogP contribution is 2.32. The fraction of sp³-hybridized carbons (Fsp3) is 0.462. The third-order valence-electron chi connectivity index (χ3n) is 3.88. The van der Waals surface area contributed by atoms with E-state index in [0.29, 0.717) is 17.7 Å². The lowest BCUT2D eigenvalue weighted by Gasteiger charge is -2.31. The van der Waals surface area contributed by atoms with Gasteiger partial charge in [0.05, 0.1) is 22.6 Å². The zero-order chi connectivity index (χ0) is 13.4. The molecule has 2 heterocycles. The zero-order valence-corrected chi connectivity index (χ0v) is 10.5. The van der Waals surface area contributed by atoms with E-state index in [2.05, 4.69) is 5.32 Å². The first kappa shape index (κ1) is 12.1. The molecule has 0 unspecified atom stereocenters. The standard InChI is InChI=1S/C13H15N3O3/c17-13-10-4-1-5-12(16(18)19)11(10)8-15(13)9-3-2-6-14-7-9/h1,4-5,9,14H,2-3,6-8H2/t9-/m0/s1. The maximum atomic E-state index is 12.3. The number of rotatable bonds is 2. The van der Waals surface area contributed by atoms with E-state index >= 15 is 0 Å². The summed E-state index contributed by atoms with van der Waals surface area (Å²) in [7, 11) is 0. The predicted molar refractivity (Wildman–Crippen MR) is 68.9 cm³/mol. The van der Waals surface area contributed by atoms with Crippen molar-refractivity contribution in [2.75, 3.05) is 13.1 Å². The SMILES string of the molecule is O=C1c2cccc([N+](=O)[O-])c2CN1[C@H]1CCCNC1. The van der Waals surface area contributed by atoms with Crippen LogP contribution >= 0.6 is 0 Å². The Morgan fingerprint density at radius 3 is 2.95 bits per heavy atom. The molecule has 1 atom stereocenters. The van der Waals surface area contributed by atoms with Crippen LogP contribution in [0.1, 0.15) is 28.8 Å². The number of carbonyl (C=O) groups excluding carboxylic acids is 1. The quantitative estimate of drug-likeness (QED) is 0.643. The molecule has 0 bridgehead atoms. The number of amides is 1. The van der Waals surface area contributed by atoms with Crippen LogP contribution in [0.4, 0.5) is 5.69 Å². The molecule has 6 nitrogen and oxygen atoms in total. The molecule has 2 aliphatic heterocycles. The highest BCUT2D eigenvalue weighted by atomic mass is 16.6. The van der Waals surface area contributed by atoms with Crippen LogP contribution in [-0.4, -0.2) is 34.9 Å². The van der Waals surface area contributed by atoms with Gasteiger partial charge in [-0.05, 0) is 25.5 Å². The topological polar surface area (TPSA) is 75.5 Å². The highest BCUT2D eigenvalue weighted by Gasteiger charge is 2.36. The number of fused-ring (bicyclic) bond motifs is 1. The Hall–Kier alpha value is -1.95. The summed E-state index contributed by atoms with van der Waals surface area (Å²) >= 11 is 0. The van der Waals surface area contributed by atoms with Crippen molar-refractivity contribution < 1.29 is 9.72 Å². The minimum Gasteiger partial charge on any atom is -0.330 e. The first-order chi connectivity index (χ1) is 9.18. The maximum absolute atomic E-state index is 12.3. The lowest BCUT2D eigenvalue weighted by Crippen LogP contribution is -2.46. The van der Waals surface area contributed by atoms with Crippen molar-refractivity contribution in [2.24, 2.45) is 0 Å².